The molecule has 0 saturated carbocycles. The third-order valence-corrected chi connectivity index (χ3v) is 5.16. The highest BCUT2D eigenvalue weighted by molar-refractivity contribution is 7.98. The molecular formula is C20H24N2O2S. The molecule has 0 N–H and O–H groups in total. The highest BCUT2D eigenvalue weighted by Crippen LogP contribution is 2.16. The number of piperazine rings is 1. The monoisotopic (exact) mass is 356 g/mol. The predicted molar refractivity (Wildman–Crippen MR) is 103 cm³/mol. The van der Waals surface area contributed by atoms with Crippen LogP contribution in [0.5, 0.6) is 5.75 Å². The number of ether oxygens (including phenoxy) is 1. The SMILES string of the molecule is CSc1ccc(C(=O)N2CCN(CCOc3ccccc3)CC2)cc1. The lowest BCUT2D eigenvalue weighted by atomic mass is 10.2. The first-order valence-electron chi connectivity index (χ1n) is 8.60. The molecule has 1 fully saturated rings. The smallest absolute Gasteiger partial charge is 0.253 e. The Morgan fingerprint density at radius 2 is 1.68 bits per heavy atom. The number of benzene rings is 2. The fourth-order valence-corrected chi connectivity index (χ4v) is 3.31. The number of hydrogen-bond donors (Lipinski definition) is 0. The Hall–Kier alpha value is -1.98. The average molecular weight is 356 g/mol. The lowest BCUT2D eigenvalue weighted by Gasteiger charge is -2.34. The second-order valence-electron chi connectivity index (χ2n) is 6.02. The number of hydrogen-bond acceptors (Lipinski definition) is 4. The molecule has 0 spiro atoms. The van der Waals surface area contributed by atoms with Crippen LogP contribution in [0.3, 0.4) is 0 Å². The van der Waals surface area contributed by atoms with Crippen LogP contribution in [0.2, 0.25) is 0 Å². The van der Waals surface area contributed by atoms with Gasteiger partial charge >= 0.3 is 0 Å². The standard InChI is InChI=1S/C20H24N2O2S/c1-25-19-9-7-17(8-10-19)20(23)22-13-11-21(12-14-22)15-16-24-18-5-3-2-4-6-18/h2-10H,11-16H2,1H3. The van der Waals surface area contributed by atoms with Crippen molar-refractivity contribution in [2.45, 2.75) is 4.90 Å². The maximum absolute atomic E-state index is 12.6. The van der Waals surface area contributed by atoms with Crippen molar-refractivity contribution in [2.75, 3.05) is 45.6 Å². The van der Waals surface area contributed by atoms with Gasteiger partial charge in [-0.1, -0.05) is 18.2 Å². The molecule has 0 atom stereocenters. The van der Waals surface area contributed by atoms with Crippen molar-refractivity contribution in [2.24, 2.45) is 0 Å². The molecule has 1 saturated heterocycles. The summed E-state index contributed by atoms with van der Waals surface area (Å²) in [4.78, 5) is 18.1. The molecule has 0 aliphatic carbocycles. The number of amides is 1. The molecule has 0 radical (unpaired) electrons. The van der Waals surface area contributed by atoms with E-state index in [1.165, 1.54) is 4.90 Å². The summed E-state index contributed by atoms with van der Waals surface area (Å²) in [7, 11) is 0. The molecule has 1 aliphatic heterocycles. The number of carbonyl (C=O) groups excluding carboxylic acids is 1. The molecule has 3 rings (SSSR count). The minimum atomic E-state index is 0.132. The Morgan fingerprint density at radius 3 is 2.32 bits per heavy atom. The van der Waals surface area contributed by atoms with E-state index < -0.39 is 0 Å². The zero-order valence-corrected chi connectivity index (χ0v) is 15.4. The lowest BCUT2D eigenvalue weighted by Crippen LogP contribution is -2.49. The summed E-state index contributed by atoms with van der Waals surface area (Å²) >= 11 is 1.69. The summed E-state index contributed by atoms with van der Waals surface area (Å²) < 4.78 is 5.75. The van der Waals surface area contributed by atoms with Gasteiger partial charge in [0.2, 0.25) is 0 Å². The van der Waals surface area contributed by atoms with E-state index in [1.807, 2.05) is 65.8 Å². The first-order valence-corrected chi connectivity index (χ1v) is 9.82. The lowest BCUT2D eigenvalue weighted by molar-refractivity contribution is 0.0620. The van der Waals surface area contributed by atoms with Crippen LogP contribution in [0.25, 0.3) is 0 Å². The minimum Gasteiger partial charge on any atom is -0.492 e. The molecule has 2 aromatic carbocycles. The molecular weight excluding hydrogens is 332 g/mol. The number of nitrogens with zero attached hydrogens (tertiary/aromatic N) is 2. The van der Waals surface area contributed by atoms with Crippen LogP contribution < -0.4 is 4.74 Å². The van der Waals surface area contributed by atoms with Crippen LogP contribution in [0.15, 0.2) is 59.5 Å². The third-order valence-electron chi connectivity index (χ3n) is 4.42. The van der Waals surface area contributed by atoms with Gasteiger partial charge in [-0.3, -0.25) is 9.69 Å². The number of para-hydroxylation sites is 1. The predicted octanol–water partition coefficient (Wildman–Crippen LogP) is 3.25. The van der Waals surface area contributed by atoms with Gasteiger partial charge in [0.25, 0.3) is 5.91 Å². The summed E-state index contributed by atoms with van der Waals surface area (Å²) in [6.07, 6.45) is 2.04. The van der Waals surface area contributed by atoms with Gasteiger partial charge in [-0.15, -0.1) is 11.8 Å². The Morgan fingerprint density at radius 1 is 1.00 bits per heavy atom. The van der Waals surface area contributed by atoms with Gasteiger partial charge in [-0.05, 0) is 42.7 Å². The van der Waals surface area contributed by atoms with Crippen molar-refractivity contribution in [3.05, 3.63) is 60.2 Å². The summed E-state index contributed by atoms with van der Waals surface area (Å²) in [5.74, 6) is 1.04. The van der Waals surface area contributed by atoms with Crippen molar-refractivity contribution < 1.29 is 9.53 Å². The van der Waals surface area contributed by atoms with Crippen molar-refractivity contribution in [1.29, 1.82) is 0 Å². The fourth-order valence-electron chi connectivity index (χ4n) is 2.90. The van der Waals surface area contributed by atoms with Gasteiger partial charge in [0.15, 0.2) is 0 Å². The van der Waals surface area contributed by atoms with E-state index in [9.17, 15) is 4.79 Å². The van der Waals surface area contributed by atoms with Gasteiger partial charge in [0.1, 0.15) is 12.4 Å². The number of thioether (sulfide) groups is 1. The van der Waals surface area contributed by atoms with E-state index in [1.54, 1.807) is 11.8 Å². The second-order valence-corrected chi connectivity index (χ2v) is 6.90. The number of rotatable bonds is 6. The largest absolute Gasteiger partial charge is 0.492 e. The third kappa shape index (κ3) is 5.00. The first-order chi connectivity index (χ1) is 12.3. The molecule has 5 heteroatoms. The van der Waals surface area contributed by atoms with E-state index >= 15 is 0 Å². The van der Waals surface area contributed by atoms with Gasteiger partial charge in [0, 0.05) is 43.2 Å². The molecule has 25 heavy (non-hydrogen) atoms. The van der Waals surface area contributed by atoms with Crippen LogP contribution >= 0.6 is 11.8 Å². The van der Waals surface area contributed by atoms with Gasteiger partial charge in [0.05, 0.1) is 0 Å². The van der Waals surface area contributed by atoms with Gasteiger partial charge in [-0.2, -0.15) is 0 Å². The molecule has 0 unspecified atom stereocenters. The van der Waals surface area contributed by atoms with E-state index in [2.05, 4.69) is 4.90 Å². The van der Waals surface area contributed by atoms with E-state index in [0.717, 1.165) is 44.0 Å². The molecule has 1 heterocycles. The van der Waals surface area contributed by atoms with Crippen LogP contribution in [-0.4, -0.2) is 61.3 Å². The maximum atomic E-state index is 12.6. The van der Waals surface area contributed by atoms with E-state index in [0.29, 0.717) is 6.61 Å². The first kappa shape index (κ1) is 17.8. The summed E-state index contributed by atoms with van der Waals surface area (Å²) in [6.45, 7) is 4.90. The molecule has 0 aromatic heterocycles. The number of carbonyl (C=O) groups is 1. The summed E-state index contributed by atoms with van der Waals surface area (Å²) in [5.41, 5.74) is 0.777. The van der Waals surface area contributed by atoms with Crippen LogP contribution in [-0.2, 0) is 0 Å². The van der Waals surface area contributed by atoms with E-state index in [-0.39, 0.29) is 5.91 Å². The normalized spacial score (nSPS) is 15.2. The van der Waals surface area contributed by atoms with Crippen molar-refractivity contribution in [3.63, 3.8) is 0 Å². The topological polar surface area (TPSA) is 32.8 Å². The maximum Gasteiger partial charge on any atom is 0.253 e. The van der Waals surface area contributed by atoms with Gasteiger partial charge in [-0.25, -0.2) is 0 Å². The molecule has 4 nitrogen and oxygen atoms in total. The Labute approximate surface area is 153 Å². The average Bonchev–Trinajstić information content (AvgIpc) is 2.69. The molecule has 1 aliphatic rings. The van der Waals surface area contributed by atoms with Crippen LogP contribution in [0.1, 0.15) is 10.4 Å². The Kier molecular flexibility index (Phi) is 6.36. The summed E-state index contributed by atoms with van der Waals surface area (Å²) in [6, 6.07) is 17.7. The second kappa shape index (κ2) is 8.92. The van der Waals surface area contributed by atoms with E-state index in [4.69, 9.17) is 4.74 Å². The van der Waals surface area contributed by atoms with Gasteiger partial charge < -0.3 is 9.64 Å². The van der Waals surface area contributed by atoms with Crippen molar-refractivity contribution in [1.82, 2.24) is 9.80 Å². The Bertz CT molecular complexity index is 668. The molecule has 132 valence electrons. The zero-order chi connectivity index (χ0) is 17.5. The van der Waals surface area contributed by atoms with Crippen LogP contribution in [0.4, 0.5) is 0 Å². The quantitative estimate of drug-likeness (QED) is 0.744. The molecule has 0 bridgehead atoms. The summed E-state index contributed by atoms with van der Waals surface area (Å²) in [5, 5.41) is 0. The van der Waals surface area contributed by atoms with Crippen molar-refractivity contribution in [3.8, 4) is 5.75 Å². The zero-order valence-electron chi connectivity index (χ0n) is 14.6. The fraction of sp³-hybridized carbons (Fsp3) is 0.350. The minimum absolute atomic E-state index is 0.132. The highest BCUT2D eigenvalue weighted by Gasteiger charge is 2.21. The van der Waals surface area contributed by atoms with Crippen LogP contribution in [0, 0.1) is 0 Å². The molecule has 1 amide bonds. The Balaban J connectivity index is 1.42. The van der Waals surface area contributed by atoms with Crippen molar-refractivity contribution >= 4 is 17.7 Å². The molecule has 2 aromatic rings. The highest BCUT2D eigenvalue weighted by atomic mass is 32.2.